The van der Waals surface area contributed by atoms with Crippen molar-refractivity contribution in [3.8, 4) is 5.75 Å². The summed E-state index contributed by atoms with van der Waals surface area (Å²) in [5, 5.41) is 1.68. The molecule has 1 amide bonds. The maximum Gasteiger partial charge on any atom is 0.289 e. The zero-order valence-corrected chi connectivity index (χ0v) is 21.9. The van der Waals surface area contributed by atoms with Crippen molar-refractivity contribution in [1.29, 1.82) is 0 Å². The molecule has 1 aromatic heterocycles. The Morgan fingerprint density at radius 2 is 1.78 bits per heavy atom. The first kappa shape index (κ1) is 25.3. The summed E-state index contributed by atoms with van der Waals surface area (Å²) in [5.74, 6) is 1.19. The Morgan fingerprint density at radius 3 is 2.54 bits per heavy atom. The molecule has 1 fully saturated rings. The summed E-state index contributed by atoms with van der Waals surface area (Å²) in [7, 11) is 1.67. The number of piperazine rings is 1. The number of carbonyl (C=O) groups excluding carboxylic acids is 1. The van der Waals surface area contributed by atoms with Gasteiger partial charge in [-0.3, -0.25) is 9.69 Å². The van der Waals surface area contributed by atoms with Crippen LogP contribution in [-0.4, -0.2) is 55.5 Å². The number of furan rings is 1. The second kappa shape index (κ2) is 11.4. The Morgan fingerprint density at radius 1 is 1.00 bits per heavy atom. The van der Waals surface area contributed by atoms with Gasteiger partial charge >= 0.3 is 0 Å². The number of hydrogen-bond acceptors (Lipinski definition) is 5. The van der Waals surface area contributed by atoms with E-state index < -0.39 is 0 Å². The van der Waals surface area contributed by atoms with E-state index in [0.29, 0.717) is 37.0 Å². The van der Waals surface area contributed by atoms with Crippen LogP contribution in [0.1, 0.15) is 33.3 Å². The molecule has 6 nitrogen and oxygen atoms in total. The number of para-hydroxylation sites is 1. The normalized spacial score (nSPS) is 15.2. The third-order valence-corrected chi connectivity index (χ3v) is 7.16. The van der Waals surface area contributed by atoms with E-state index in [2.05, 4.69) is 11.0 Å². The molecule has 1 aliphatic heterocycles. The van der Waals surface area contributed by atoms with E-state index in [1.54, 1.807) is 7.11 Å². The highest BCUT2D eigenvalue weighted by Crippen LogP contribution is 2.28. The van der Waals surface area contributed by atoms with Crippen LogP contribution in [0.5, 0.6) is 5.75 Å². The minimum Gasteiger partial charge on any atom is -0.497 e. The third kappa shape index (κ3) is 5.82. The summed E-state index contributed by atoms with van der Waals surface area (Å²) in [5.41, 5.74) is 3.73. The van der Waals surface area contributed by atoms with Gasteiger partial charge in [0.05, 0.1) is 19.8 Å². The number of aryl methyl sites for hydroxylation is 1. The first-order valence-electron chi connectivity index (χ1n) is 12.5. The van der Waals surface area contributed by atoms with Gasteiger partial charge < -0.3 is 18.8 Å². The Hall–Kier alpha value is -3.32. The molecule has 0 spiro atoms. The number of benzene rings is 3. The summed E-state index contributed by atoms with van der Waals surface area (Å²) in [4.78, 5) is 17.5. The Labute approximate surface area is 222 Å². The number of halogens is 1. The molecule has 2 heterocycles. The first-order valence-corrected chi connectivity index (χ1v) is 12.9. The van der Waals surface area contributed by atoms with Crippen LogP contribution in [0.15, 0.2) is 77.2 Å². The van der Waals surface area contributed by atoms with Gasteiger partial charge in [0, 0.05) is 48.7 Å². The summed E-state index contributed by atoms with van der Waals surface area (Å²) >= 11 is 6.17. The highest BCUT2D eigenvalue weighted by Gasteiger charge is 2.28. The molecular formula is C30H31ClN2O4. The molecule has 37 heavy (non-hydrogen) atoms. The van der Waals surface area contributed by atoms with Crippen molar-refractivity contribution in [2.45, 2.75) is 19.6 Å². The number of nitrogens with zero attached hydrogens (tertiary/aromatic N) is 2. The molecule has 1 saturated heterocycles. The minimum absolute atomic E-state index is 0.0464. The summed E-state index contributed by atoms with van der Waals surface area (Å²) in [6, 6.07) is 23.5. The van der Waals surface area contributed by atoms with Crippen LogP contribution >= 0.6 is 11.6 Å². The monoisotopic (exact) mass is 518 g/mol. The topological polar surface area (TPSA) is 55.2 Å². The maximum atomic E-state index is 13.3. The molecule has 1 aliphatic rings. The van der Waals surface area contributed by atoms with Gasteiger partial charge in [-0.05, 0) is 48.4 Å². The quantitative estimate of drug-likeness (QED) is 0.281. The van der Waals surface area contributed by atoms with Gasteiger partial charge in [0.15, 0.2) is 5.76 Å². The molecule has 5 rings (SSSR count). The standard InChI is InChI=1S/C30H31ClN2O4/c1-21-26-11-3-4-12-27(26)37-29(21)30(34)33-15-13-32(14-16-33)19-28(23-8-6-10-25(18-23)35-2)36-20-22-7-5-9-24(31)17-22/h3-12,17-18,28H,13-16,19-20H2,1-2H3. The van der Waals surface area contributed by atoms with E-state index in [1.165, 1.54) is 0 Å². The average Bonchev–Trinajstić information content (AvgIpc) is 3.27. The number of ether oxygens (including phenoxy) is 2. The Kier molecular flexibility index (Phi) is 7.79. The second-order valence-electron chi connectivity index (χ2n) is 9.35. The lowest BCUT2D eigenvalue weighted by atomic mass is 10.1. The van der Waals surface area contributed by atoms with E-state index >= 15 is 0 Å². The lowest BCUT2D eigenvalue weighted by Gasteiger charge is -2.36. The van der Waals surface area contributed by atoms with Crippen molar-refractivity contribution in [3.05, 3.63) is 100 Å². The Balaban J connectivity index is 1.25. The highest BCUT2D eigenvalue weighted by molar-refractivity contribution is 6.30. The van der Waals surface area contributed by atoms with Gasteiger partial charge in [-0.15, -0.1) is 0 Å². The predicted molar refractivity (Wildman–Crippen MR) is 145 cm³/mol. The van der Waals surface area contributed by atoms with Crippen molar-refractivity contribution in [3.63, 3.8) is 0 Å². The Bertz CT molecular complexity index is 1380. The summed E-state index contributed by atoms with van der Waals surface area (Å²) in [6.45, 7) is 5.89. The maximum absolute atomic E-state index is 13.3. The fourth-order valence-electron chi connectivity index (χ4n) is 4.81. The molecule has 3 aromatic carbocycles. The fraction of sp³-hybridized carbons (Fsp3) is 0.300. The largest absolute Gasteiger partial charge is 0.497 e. The van der Waals surface area contributed by atoms with Gasteiger partial charge in [0.1, 0.15) is 11.3 Å². The number of amides is 1. The van der Waals surface area contributed by atoms with Gasteiger partial charge in [-0.25, -0.2) is 0 Å². The van der Waals surface area contributed by atoms with Crippen molar-refractivity contribution in [2.75, 3.05) is 39.8 Å². The molecule has 0 radical (unpaired) electrons. The van der Waals surface area contributed by atoms with Crippen LogP contribution in [0.25, 0.3) is 11.0 Å². The predicted octanol–water partition coefficient (Wildman–Crippen LogP) is 6.12. The average molecular weight is 519 g/mol. The number of methoxy groups -OCH3 is 1. The SMILES string of the molecule is COc1cccc(C(CN2CCN(C(=O)c3oc4ccccc4c3C)CC2)OCc2cccc(Cl)c2)c1. The molecule has 1 atom stereocenters. The van der Waals surface area contributed by atoms with E-state index in [4.69, 9.17) is 25.5 Å². The minimum atomic E-state index is -0.158. The summed E-state index contributed by atoms with van der Waals surface area (Å²) < 4.78 is 17.8. The van der Waals surface area contributed by atoms with Crippen LogP contribution in [0, 0.1) is 6.92 Å². The van der Waals surface area contributed by atoms with Crippen molar-refractivity contribution in [2.24, 2.45) is 0 Å². The molecule has 0 N–H and O–H groups in total. The molecule has 1 unspecified atom stereocenters. The van der Waals surface area contributed by atoms with E-state index in [-0.39, 0.29) is 12.0 Å². The van der Waals surface area contributed by atoms with Crippen LogP contribution in [-0.2, 0) is 11.3 Å². The van der Waals surface area contributed by atoms with Crippen molar-refractivity contribution >= 4 is 28.5 Å². The van der Waals surface area contributed by atoms with Crippen LogP contribution in [0.4, 0.5) is 0 Å². The molecule has 192 valence electrons. The van der Waals surface area contributed by atoms with E-state index in [0.717, 1.165) is 46.5 Å². The molecule has 0 saturated carbocycles. The highest BCUT2D eigenvalue weighted by atomic mass is 35.5. The van der Waals surface area contributed by atoms with Gasteiger partial charge in [-0.2, -0.15) is 0 Å². The zero-order chi connectivity index (χ0) is 25.8. The van der Waals surface area contributed by atoms with Crippen LogP contribution in [0.3, 0.4) is 0 Å². The molecule has 4 aromatic rings. The van der Waals surface area contributed by atoms with E-state index in [1.807, 2.05) is 78.6 Å². The van der Waals surface area contributed by atoms with Crippen LogP contribution < -0.4 is 4.74 Å². The smallest absolute Gasteiger partial charge is 0.289 e. The van der Waals surface area contributed by atoms with Gasteiger partial charge in [0.2, 0.25) is 0 Å². The molecule has 7 heteroatoms. The van der Waals surface area contributed by atoms with Crippen molar-refractivity contribution < 1.29 is 18.7 Å². The van der Waals surface area contributed by atoms with Gasteiger partial charge in [0.25, 0.3) is 5.91 Å². The molecule has 0 aliphatic carbocycles. The number of rotatable bonds is 8. The lowest BCUT2D eigenvalue weighted by molar-refractivity contribution is 0.00303. The number of carbonyl (C=O) groups is 1. The molecular weight excluding hydrogens is 488 g/mol. The van der Waals surface area contributed by atoms with Crippen LogP contribution in [0.2, 0.25) is 5.02 Å². The fourth-order valence-corrected chi connectivity index (χ4v) is 5.02. The second-order valence-corrected chi connectivity index (χ2v) is 9.79. The third-order valence-electron chi connectivity index (χ3n) is 6.93. The van der Waals surface area contributed by atoms with E-state index in [9.17, 15) is 4.79 Å². The summed E-state index contributed by atoms with van der Waals surface area (Å²) in [6.07, 6.45) is -0.158. The lowest BCUT2D eigenvalue weighted by Crippen LogP contribution is -2.49. The number of fused-ring (bicyclic) bond motifs is 1. The van der Waals surface area contributed by atoms with Crippen molar-refractivity contribution in [1.82, 2.24) is 9.80 Å². The first-order chi connectivity index (χ1) is 18.0. The molecule has 0 bridgehead atoms. The number of hydrogen-bond donors (Lipinski definition) is 0. The zero-order valence-electron chi connectivity index (χ0n) is 21.2. The van der Waals surface area contributed by atoms with Gasteiger partial charge in [-0.1, -0.05) is 54.1 Å².